The van der Waals surface area contributed by atoms with Gasteiger partial charge in [0.15, 0.2) is 0 Å². The van der Waals surface area contributed by atoms with Crippen LogP contribution in [0.5, 0.6) is 0 Å². The molecule has 3 heterocycles. The normalized spacial score (nSPS) is 11.8. The van der Waals surface area contributed by atoms with Crippen molar-refractivity contribution in [3.63, 3.8) is 0 Å². The average Bonchev–Trinajstić information content (AvgIpc) is 3.45. The van der Waals surface area contributed by atoms with Crippen LogP contribution in [0.25, 0.3) is 33.4 Å². The molecule has 0 spiro atoms. The third-order valence-corrected chi connectivity index (χ3v) is 7.99. The largest absolute Gasteiger partial charge is 0.350 e. The smallest absolute Gasteiger partial charge is 0.277 e. The van der Waals surface area contributed by atoms with Crippen molar-refractivity contribution >= 4 is 34.0 Å². The number of nitrogens with zero attached hydrogens (tertiary/aromatic N) is 3. The van der Waals surface area contributed by atoms with Gasteiger partial charge in [-0.1, -0.05) is 74.5 Å². The zero-order chi connectivity index (χ0) is 30.6. The number of hydrogen-bond donors (Lipinski definition) is 3. The highest BCUT2D eigenvalue weighted by Gasteiger charge is 2.18. The van der Waals surface area contributed by atoms with Crippen molar-refractivity contribution in [3.05, 3.63) is 125 Å². The standard InChI is InChI=1S/C36H34N6O2/c1-4-23(2)30-19-27(14-15-29(30)28-13-9-8-10-24(28)3)39-32-21-38-35(25-11-6-5-7-12-25)42(36(32)44)22-34(43)41-33-18-26-20-37-17-16-31(26)40-33/h5-21,23,39-40H,4,22H2,1-3H3,(H,41,43). The van der Waals surface area contributed by atoms with Gasteiger partial charge in [0.25, 0.3) is 5.56 Å². The molecule has 1 amide bonds. The highest BCUT2D eigenvalue weighted by molar-refractivity contribution is 5.93. The molecule has 0 saturated carbocycles. The van der Waals surface area contributed by atoms with Gasteiger partial charge in [-0.05, 0) is 65.8 Å². The number of H-pyrrole nitrogens is 1. The van der Waals surface area contributed by atoms with Gasteiger partial charge >= 0.3 is 0 Å². The number of nitrogens with one attached hydrogen (secondary N) is 3. The van der Waals surface area contributed by atoms with Crippen molar-refractivity contribution < 1.29 is 4.79 Å². The molecule has 3 aromatic heterocycles. The minimum atomic E-state index is -0.357. The zero-order valence-corrected chi connectivity index (χ0v) is 25.0. The molecule has 6 aromatic rings. The summed E-state index contributed by atoms with van der Waals surface area (Å²) in [5.41, 5.74) is 7.11. The van der Waals surface area contributed by atoms with Crippen molar-refractivity contribution in [1.82, 2.24) is 19.5 Å². The quantitative estimate of drug-likeness (QED) is 0.162. The Morgan fingerprint density at radius 2 is 1.75 bits per heavy atom. The fraction of sp³-hybridized carbons (Fsp3) is 0.167. The van der Waals surface area contributed by atoms with Crippen LogP contribution in [0.1, 0.15) is 37.3 Å². The van der Waals surface area contributed by atoms with E-state index in [-0.39, 0.29) is 23.7 Å². The van der Waals surface area contributed by atoms with Crippen LogP contribution >= 0.6 is 0 Å². The topological polar surface area (TPSA) is 105 Å². The van der Waals surface area contributed by atoms with E-state index < -0.39 is 0 Å². The summed E-state index contributed by atoms with van der Waals surface area (Å²) < 4.78 is 1.41. The van der Waals surface area contributed by atoms with Crippen LogP contribution in [0.3, 0.4) is 0 Å². The minimum Gasteiger partial charge on any atom is -0.350 e. The Labute approximate surface area is 255 Å². The molecule has 6 rings (SSSR count). The molecule has 3 N–H and O–H groups in total. The first-order chi connectivity index (χ1) is 21.4. The van der Waals surface area contributed by atoms with E-state index in [1.165, 1.54) is 26.8 Å². The summed E-state index contributed by atoms with van der Waals surface area (Å²) in [5.74, 6) is 0.892. The van der Waals surface area contributed by atoms with Crippen molar-refractivity contribution in [2.24, 2.45) is 0 Å². The van der Waals surface area contributed by atoms with Crippen molar-refractivity contribution in [3.8, 4) is 22.5 Å². The lowest BCUT2D eigenvalue weighted by molar-refractivity contribution is -0.116. The Morgan fingerprint density at radius 3 is 2.52 bits per heavy atom. The third kappa shape index (κ3) is 5.87. The van der Waals surface area contributed by atoms with E-state index in [0.717, 1.165) is 28.6 Å². The van der Waals surface area contributed by atoms with Gasteiger partial charge in [-0.25, -0.2) is 4.98 Å². The minimum absolute atomic E-state index is 0.219. The van der Waals surface area contributed by atoms with Crippen LogP contribution in [0.4, 0.5) is 17.2 Å². The summed E-state index contributed by atoms with van der Waals surface area (Å²) in [6.07, 6.45) is 5.92. The first-order valence-corrected chi connectivity index (χ1v) is 14.8. The van der Waals surface area contributed by atoms with Gasteiger partial charge in [0.1, 0.15) is 23.9 Å². The lowest BCUT2D eigenvalue weighted by atomic mass is 9.88. The maximum absolute atomic E-state index is 14.0. The monoisotopic (exact) mass is 582 g/mol. The van der Waals surface area contributed by atoms with Gasteiger partial charge in [-0.15, -0.1) is 0 Å². The van der Waals surface area contributed by atoms with Crippen LogP contribution in [-0.2, 0) is 11.3 Å². The predicted molar refractivity (Wildman–Crippen MR) is 177 cm³/mol. The highest BCUT2D eigenvalue weighted by Crippen LogP contribution is 2.35. The fourth-order valence-corrected chi connectivity index (χ4v) is 5.46. The Kier molecular flexibility index (Phi) is 8.06. The van der Waals surface area contributed by atoms with Gasteiger partial charge in [-0.3, -0.25) is 19.1 Å². The van der Waals surface area contributed by atoms with Crippen LogP contribution in [0, 0.1) is 6.92 Å². The molecule has 3 aromatic carbocycles. The number of rotatable bonds is 9. The van der Waals surface area contributed by atoms with Crippen LogP contribution in [-0.4, -0.2) is 25.4 Å². The Morgan fingerprint density at radius 1 is 0.955 bits per heavy atom. The predicted octanol–water partition coefficient (Wildman–Crippen LogP) is 7.66. The summed E-state index contributed by atoms with van der Waals surface area (Å²) in [5, 5.41) is 7.06. The van der Waals surface area contributed by atoms with Gasteiger partial charge in [0.05, 0.1) is 11.7 Å². The second-order valence-corrected chi connectivity index (χ2v) is 11.0. The summed E-state index contributed by atoms with van der Waals surface area (Å²) in [4.78, 5) is 39.2. The van der Waals surface area contributed by atoms with E-state index in [4.69, 9.17) is 0 Å². The molecule has 0 radical (unpaired) electrons. The molecule has 0 aliphatic heterocycles. The van der Waals surface area contributed by atoms with Crippen LogP contribution in [0.15, 0.2) is 108 Å². The fourth-order valence-electron chi connectivity index (χ4n) is 5.46. The third-order valence-electron chi connectivity index (χ3n) is 7.99. The molecule has 44 heavy (non-hydrogen) atoms. The first-order valence-electron chi connectivity index (χ1n) is 14.8. The van der Waals surface area contributed by atoms with Crippen LogP contribution in [0.2, 0.25) is 0 Å². The van der Waals surface area contributed by atoms with Crippen molar-refractivity contribution in [1.29, 1.82) is 0 Å². The summed E-state index contributed by atoms with van der Waals surface area (Å²) in [6.45, 7) is 6.29. The summed E-state index contributed by atoms with van der Waals surface area (Å²) >= 11 is 0. The number of aromatic nitrogens is 4. The molecule has 1 atom stereocenters. The maximum Gasteiger partial charge on any atom is 0.277 e. The first kappa shape index (κ1) is 28.6. The van der Waals surface area contributed by atoms with Crippen molar-refractivity contribution in [2.75, 3.05) is 10.6 Å². The molecule has 8 nitrogen and oxygen atoms in total. The number of hydrogen-bond acceptors (Lipinski definition) is 5. The van der Waals surface area contributed by atoms with Gasteiger partial charge < -0.3 is 15.6 Å². The van der Waals surface area contributed by atoms with Gasteiger partial charge in [0, 0.05) is 29.0 Å². The number of amides is 1. The number of carbonyl (C=O) groups is 1. The second kappa shape index (κ2) is 12.4. The number of benzene rings is 3. The molecule has 0 aliphatic rings. The molecular formula is C36H34N6O2. The van der Waals surface area contributed by atoms with E-state index in [0.29, 0.717) is 17.6 Å². The number of fused-ring (bicyclic) bond motifs is 1. The van der Waals surface area contributed by atoms with Crippen LogP contribution < -0.4 is 16.2 Å². The molecular weight excluding hydrogens is 548 g/mol. The lowest BCUT2D eigenvalue weighted by Gasteiger charge is -2.19. The molecule has 0 saturated heterocycles. The summed E-state index contributed by atoms with van der Waals surface area (Å²) in [6, 6.07) is 27.6. The highest BCUT2D eigenvalue weighted by atomic mass is 16.2. The van der Waals surface area contributed by atoms with E-state index in [1.54, 1.807) is 18.6 Å². The number of aryl methyl sites for hydroxylation is 1. The van der Waals surface area contributed by atoms with E-state index in [1.807, 2.05) is 54.6 Å². The lowest BCUT2D eigenvalue weighted by Crippen LogP contribution is -2.31. The second-order valence-electron chi connectivity index (χ2n) is 11.0. The number of aromatic amines is 1. The van der Waals surface area contributed by atoms with Gasteiger partial charge in [0.2, 0.25) is 5.91 Å². The maximum atomic E-state index is 14.0. The average molecular weight is 583 g/mol. The van der Waals surface area contributed by atoms with Crippen molar-refractivity contribution in [2.45, 2.75) is 39.7 Å². The summed E-state index contributed by atoms with van der Waals surface area (Å²) in [7, 11) is 0. The Hall–Kier alpha value is -5.50. The molecule has 8 heteroatoms. The SMILES string of the molecule is CCC(C)c1cc(Nc2cnc(-c3ccccc3)n(CC(=O)Nc3cc4cnccc4[nH]3)c2=O)ccc1-c1ccccc1C. The van der Waals surface area contributed by atoms with E-state index in [2.05, 4.69) is 76.7 Å². The molecule has 0 aliphatic carbocycles. The molecule has 0 fully saturated rings. The van der Waals surface area contributed by atoms with E-state index >= 15 is 0 Å². The van der Waals surface area contributed by atoms with Gasteiger partial charge in [-0.2, -0.15) is 0 Å². The zero-order valence-electron chi connectivity index (χ0n) is 25.0. The molecule has 1 unspecified atom stereocenters. The number of anilines is 3. The molecule has 220 valence electrons. The Balaban J connectivity index is 1.34. The number of carbonyl (C=O) groups excluding carboxylic acids is 1. The number of pyridine rings is 1. The molecule has 0 bridgehead atoms. The Bertz CT molecular complexity index is 1980. The van der Waals surface area contributed by atoms with E-state index in [9.17, 15) is 9.59 Å².